The molecule has 0 atom stereocenters. The lowest BCUT2D eigenvalue weighted by Crippen LogP contribution is -1.90. The van der Waals surface area contributed by atoms with Crippen molar-refractivity contribution >= 4 is 10.9 Å². The van der Waals surface area contributed by atoms with E-state index in [9.17, 15) is 0 Å². The van der Waals surface area contributed by atoms with Gasteiger partial charge in [-0.3, -0.25) is 9.97 Å². The highest BCUT2D eigenvalue weighted by atomic mass is 14.7. The molecule has 2 aromatic heterocycles. The molecule has 0 aliphatic heterocycles. The van der Waals surface area contributed by atoms with Crippen molar-refractivity contribution in [2.24, 2.45) is 0 Å². The number of hydrogen-bond donors (Lipinski definition) is 0. The molecule has 0 fully saturated rings. The first kappa shape index (κ1) is 11.4. The normalized spacial score (nSPS) is 10.3. The minimum Gasteiger partial charge on any atom is -0.256 e. The van der Waals surface area contributed by atoms with Crippen molar-refractivity contribution in [1.82, 2.24) is 9.97 Å². The van der Waals surface area contributed by atoms with E-state index in [1.165, 1.54) is 0 Å². The molecule has 0 saturated heterocycles. The molecule has 19 heavy (non-hydrogen) atoms. The number of rotatable bonds is 2. The largest absolute Gasteiger partial charge is 0.256 e. The van der Waals surface area contributed by atoms with Gasteiger partial charge in [0.25, 0.3) is 0 Å². The van der Waals surface area contributed by atoms with Gasteiger partial charge < -0.3 is 0 Å². The fourth-order valence-corrected chi connectivity index (χ4v) is 2.05. The predicted octanol–water partition coefficient (Wildman–Crippen LogP) is 3.36. The van der Waals surface area contributed by atoms with Crippen LogP contribution in [0, 0.1) is 11.3 Å². The van der Waals surface area contributed by atoms with Gasteiger partial charge in [-0.05, 0) is 30.3 Å². The minimum atomic E-state index is 0.336. The maximum Gasteiger partial charge on any atom is 0.0774 e. The van der Waals surface area contributed by atoms with Gasteiger partial charge in [0.1, 0.15) is 0 Å². The summed E-state index contributed by atoms with van der Waals surface area (Å²) in [6, 6.07) is 17.9. The maximum absolute atomic E-state index is 8.72. The van der Waals surface area contributed by atoms with Gasteiger partial charge in [-0.1, -0.05) is 18.2 Å². The third-order valence-electron chi connectivity index (χ3n) is 2.97. The van der Waals surface area contributed by atoms with E-state index >= 15 is 0 Å². The lowest BCUT2D eigenvalue weighted by Gasteiger charge is -2.04. The SMILES string of the molecule is N#CCc1cccc(-c2ccc3ncccc3c2)n1. The standard InChI is InChI=1S/C16H11N3/c17-9-8-14-4-1-5-16(19-14)13-6-7-15-12(11-13)3-2-10-18-15/h1-7,10-11H,8H2. The van der Waals surface area contributed by atoms with Gasteiger partial charge >= 0.3 is 0 Å². The van der Waals surface area contributed by atoms with Crippen LogP contribution < -0.4 is 0 Å². The second-order valence-corrected chi connectivity index (χ2v) is 4.26. The van der Waals surface area contributed by atoms with Crippen LogP contribution in [0.5, 0.6) is 0 Å². The van der Waals surface area contributed by atoms with E-state index in [4.69, 9.17) is 5.26 Å². The first-order valence-corrected chi connectivity index (χ1v) is 6.05. The maximum atomic E-state index is 8.72. The predicted molar refractivity (Wildman–Crippen MR) is 74.3 cm³/mol. The molecular weight excluding hydrogens is 234 g/mol. The Bertz CT molecular complexity index is 772. The third-order valence-corrected chi connectivity index (χ3v) is 2.97. The van der Waals surface area contributed by atoms with Crippen LogP contribution in [0.2, 0.25) is 0 Å². The van der Waals surface area contributed by atoms with Crippen LogP contribution in [0.15, 0.2) is 54.7 Å². The first-order chi connectivity index (χ1) is 9.36. The summed E-state index contributed by atoms with van der Waals surface area (Å²) in [5.41, 5.74) is 3.70. The Morgan fingerprint density at radius 2 is 2.00 bits per heavy atom. The van der Waals surface area contributed by atoms with Gasteiger partial charge in [0, 0.05) is 17.1 Å². The van der Waals surface area contributed by atoms with Gasteiger partial charge in [-0.15, -0.1) is 0 Å². The minimum absolute atomic E-state index is 0.336. The van der Waals surface area contributed by atoms with E-state index in [0.29, 0.717) is 6.42 Å². The van der Waals surface area contributed by atoms with Crippen LogP contribution in [0.3, 0.4) is 0 Å². The van der Waals surface area contributed by atoms with Crippen LogP contribution in [0.25, 0.3) is 22.2 Å². The van der Waals surface area contributed by atoms with Crippen LogP contribution in [-0.4, -0.2) is 9.97 Å². The summed E-state index contributed by atoms with van der Waals surface area (Å²) in [6.45, 7) is 0. The smallest absolute Gasteiger partial charge is 0.0774 e. The Balaban J connectivity index is 2.08. The molecule has 0 amide bonds. The average Bonchev–Trinajstić information content (AvgIpc) is 2.47. The zero-order chi connectivity index (χ0) is 13.1. The molecule has 0 radical (unpaired) electrons. The monoisotopic (exact) mass is 245 g/mol. The Labute approximate surface area is 111 Å². The molecule has 3 aromatic rings. The molecule has 1 aromatic carbocycles. The molecular formula is C16H11N3. The molecule has 3 nitrogen and oxygen atoms in total. The summed E-state index contributed by atoms with van der Waals surface area (Å²) in [5, 5.41) is 9.81. The topological polar surface area (TPSA) is 49.6 Å². The van der Waals surface area contributed by atoms with Gasteiger partial charge in [0.2, 0.25) is 0 Å². The molecule has 3 rings (SSSR count). The zero-order valence-corrected chi connectivity index (χ0v) is 10.2. The Hall–Kier alpha value is -2.73. The molecule has 0 bridgehead atoms. The molecule has 0 aliphatic carbocycles. The van der Waals surface area contributed by atoms with Crippen molar-refractivity contribution in [3.8, 4) is 17.3 Å². The molecule has 90 valence electrons. The summed E-state index contributed by atoms with van der Waals surface area (Å²) in [4.78, 5) is 8.80. The number of benzene rings is 1. The lowest BCUT2D eigenvalue weighted by molar-refractivity contribution is 1.12. The van der Waals surface area contributed by atoms with Crippen molar-refractivity contribution < 1.29 is 0 Å². The highest BCUT2D eigenvalue weighted by Gasteiger charge is 2.02. The van der Waals surface area contributed by atoms with E-state index in [1.54, 1.807) is 6.20 Å². The second kappa shape index (κ2) is 4.87. The van der Waals surface area contributed by atoms with Gasteiger partial charge in [-0.25, -0.2) is 0 Å². The van der Waals surface area contributed by atoms with Gasteiger partial charge in [0.15, 0.2) is 0 Å². The van der Waals surface area contributed by atoms with Crippen LogP contribution in [0.1, 0.15) is 5.69 Å². The Morgan fingerprint density at radius 3 is 2.89 bits per heavy atom. The Morgan fingerprint density at radius 1 is 1.05 bits per heavy atom. The molecule has 0 saturated carbocycles. The molecule has 2 heterocycles. The number of hydrogen-bond acceptors (Lipinski definition) is 3. The number of aromatic nitrogens is 2. The molecule has 0 unspecified atom stereocenters. The van der Waals surface area contributed by atoms with Crippen molar-refractivity contribution in [3.05, 3.63) is 60.4 Å². The van der Waals surface area contributed by atoms with E-state index in [1.807, 2.05) is 42.5 Å². The van der Waals surface area contributed by atoms with E-state index in [2.05, 4.69) is 22.1 Å². The highest BCUT2D eigenvalue weighted by molar-refractivity contribution is 5.83. The van der Waals surface area contributed by atoms with Crippen molar-refractivity contribution in [2.75, 3.05) is 0 Å². The lowest BCUT2D eigenvalue weighted by atomic mass is 10.1. The van der Waals surface area contributed by atoms with E-state index in [-0.39, 0.29) is 0 Å². The molecule has 0 spiro atoms. The molecule has 0 aliphatic rings. The van der Waals surface area contributed by atoms with Crippen molar-refractivity contribution in [3.63, 3.8) is 0 Å². The first-order valence-electron chi connectivity index (χ1n) is 6.05. The fraction of sp³-hybridized carbons (Fsp3) is 0.0625. The number of nitrogens with zero attached hydrogens (tertiary/aromatic N) is 3. The summed E-state index contributed by atoms with van der Waals surface area (Å²) < 4.78 is 0. The summed E-state index contributed by atoms with van der Waals surface area (Å²) in [6.07, 6.45) is 2.12. The summed E-state index contributed by atoms with van der Waals surface area (Å²) in [7, 11) is 0. The summed E-state index contributed by atoms with van der Waals surface area (Å²) in [5.74, 6) is 0. The van der Waals surface area contributed by atoms with Gasteiger partial charge in [0.05, 0.1) is 29.4 Å². The van der Waals surface area contributed by atoms with Crippen LogP contribution in [-0.2, 0) is 6.42 Å². The van der Waals surface area contributed by atoms with Crippen molar-refractivity contribution in [2.45, 2.75) is 6.42 Å². The van der Waals surface area contributed by atoms with Crippen LogP contribution in [0.4, 0.5) is 0 Å². The highest BCUT2D eigenvalue weighted by Crippen LogP contribution is 2.22. The Kier molecular flexibility index (Phi) is 2.91. The summed E-state index contributed by atoms with van der Waals surface area (Å²) >= 11 is 0. The average molecular weight is 245 g/mol. The quantitative estimate of drug-likeness (QED) is 0.695. The fourth-order valence-electron chi connectivity index (χ4n) is 2.05. The zero-order valence-electron chi connectivity index (χ0n) is 10.2. The van der Waals surface area contributed by atoms with Crippen molar-refractivity contribution in [1.29, 1.82) is 5.26 Å². The third kappa shape index (κ3) is 2.29. The molecule has 3 heteroatoms. The number of pyridine rings is 2. The van der Waals surface area contributed by atoms with E-state index in [0.717, 1.165) is 27.9 Å². The van der Waals surface area contributed by atoms with Gasteiger partial charge in [-0.2, -0.15) is 5.26 Å². The van der Waals surface area contributed by atoms with Crippen LogP contribution >= 0.6 is 0 Å². The van der Waals surface area contributed by atoms with E-state index < -0.39 is 0 Å². The molecule has 0 N–H and O–H groups in total. The number of nitriles is 1. The second-order valence-electron chi connectivity index (χ2n) is 4.26. The number of fused-ring (bicyclic) bond motifs is 1.